The van der Waals surface area contributed by atoms with Gasteiger partial charge in [-0.15, -0.1) is 11.3 Å². The van der Waals surface area contributed by atoms with Crippen LogP contribution in [0.15, 0.2) is 9.59 Å². The summed E-state index contributed by atoms with van der Waals surface area (Å²) < 4.78 is 5.83. The highest BCUT2D eigenvalue weighted by molar-refractivity contribution is 7.13. The maximum Gasteiger partial charge on any atom is 0.350 e. The fraction of sp³-hybridized carbons (Fsp3) is 0.308. The molecular weight excluding hydrogens is 324 g/mol. The van der Waals surface area contributed by atoms with Gasteiger partial charge < -0.3 is 10.5 Å². The molecule has 2 rings (SSSR count). The Bertz CT molecular complexity index is 908. The van der Waals surface area contributed by atoms with E-state index in [1.165, 1.54) is 7.05 Å². The summed E-state index contributed by atoms with van der Waals surface area (Å²) in [5, 5.41) is 0.694. The van der Waals surface area contributed by atoms with Crippen LogP contribution in [0.2, 0.25) is 0 Å². The number of aryl methyl sites for hydroxylation is 2. The number of hydrogen-bond acceptors (Lipinski definition) is 8. The molecule has 2 aromatic rings. The van der Waals surface area contributed by atoms with Crippen LogP contribution in [0.4, 0.5) is 5.82 Å². The van der Waals surface area contributed by atoms with Gasteiger partial charge in [0.15, 0.2) is 6.61 Å². The first-order valence-corrected chi connectivity index (χ1v) is 7.27. The third kappa shape index (κ3) is 3.21. The van der Waals surface area contributed by atoms with Gasteiger partial charge in [-0.1, -0.05) is 0 Å². The molecule has 2 aromatic heterocycles. The lowest BCUT2D eigenvalue weighted by Crippen LogP contribution is -2.35. The van der Waals surface area contributed by atoms with Crippen LogP contribution in [0.25, 0.3) is 0 Å². The van der Waals surface area contributed by atoms with E-state index in [0.29, 0.717) is 10.7 Å². The summed E-state index contributed by atoms with van der Waals surface area (Å²) in [6.45, 7) is 2.72. The Hall–Kier alpha value is -2.75. The van der Waals surface area contributed by atoms with E-state index in [1.807, 2.05) is 4.98 Å². The number of carbonyl (C=O) groups is 2. The number of esters is 1. The number of nitrogens with one attached hydrogen (secondary N) is 1. The Kier molecular flexibility index (Phi) is 4.45. The van der Waals surface area contributed by atoms with Gasteiger partial charge in [0.2, 0.25) is 5.78 Å². The average Bonchev–Trinajstić information content (AvgIpc) is 2.81. The quantitative estimate of drug-likeness (QED) is 0.580. The second-order valence-electron chi connectivity index (χ2n) is 4.73. The van der Waals surface area contributed by atoms with Crippen molar-refractivity contribution in [1.29, 1.82) is 0 Å². The summed E-state index contributed by atoms with van der Waals surface area (Å²) in [5.74, 6) is -1.79. The van der Waals surface area contributed by atoms with Gasteiger partial charge in [0.05, 0.1) is 10.7 Å². The number of ketones is 1. The number of aromatic amines is 1. The van der Waals surface area contributed by atoms with Crippen molar-refractivity contribution in [3.05, 3.63) is 42.0 Å². The van der Waals surface area contributed by atoms with Crippen molar-refractivity contribution in [3.63, 3.8) is 0 Å². The highest BCUT2D eigenvalue weighted by Crippen LogP contribution is 2.18. The van der Waals surface area contributed by atoms with Gasteiger partial charge in [-0.25, -0.2) is 14.6 Å². The molecule has 0 fully saturated rings. The van der Waals surface area contributed by atoms with E-state index < -0.39 is 35.2 Å². The number of ether oxygens (including phenoxy) is 1. The summed E-state index contributed by atoms with van der Waals surface area (Å²) >= 11 is 1.15. The summed E-state index contributed by atoms with van der Waals surface area (Å²) in [6, 6.07) is 0. The van der Waals surface area contributed by atoms with Crippen molar-refractivity contribution < 1.29 is 14.3 Å². The Morgan fingerprint density at radius 1 is 1.35 bits per heavy atom. The van der Waals surface area contributed by atoms with Crippen molar-refractivity contribution >= 4 is 28.9 Å². The highest BCUT2D eigenvalue weighted by atomic mass is 32.1. The van der Waals surface area contributed by atoms with Gasteiger partial charge in [0.1, 0.15) is 16.3 Å². The minimum atomic E-state index is -0.920. The number of Topliss-reactive ketones (excluding diaryl/α,β-unsaturated/α-hetero) is 1. The molecule has 0 unspecified atom stereocenters. The van der Waals surface area contributed by atoms with Crippen molar-refractivity contribution in [1.82, 2.24) is 14.5 Å². The first-order chi connectivity index (χ1) is 10.7. The standard InChI is InChI=1S/C13H14N4O5S/c1-5-9(23-6(2)15-5)12(20)22-4-7(18)8-10(14)17(3)13(21)16-11(8)19/h4,14H2,1-3H3,(H,16,19,21). The largest absolute Gasteiger partial charge is 0.453 e. The van der Waals surface area contributed by atoms with Crippen molar-refractivity contribution in [2.45, 2.75) is 13.8 Å². The Labute approximate surface area is 133 Å². The SMILES string of the molecule is Cc1nc(C)c(C(=O)OCC(=O)c2c(N)n(C)c(=O)[nH]c2=O)s1. The molecule has 10 heteroatoms. The van der Waals surface area contributed by atoms with Crippen LogP contribution < -0.4 is 17.0 Å². The highest BCUT2D eigenvalue weighted by Gasteiger charge is 2.21. The monoisotopic (exact) mass is 338 g/mol. The molecule has 0 amide bonds. The van der Waals surface area contributed by atoms with Gasteiger partial charge >= 0.3 is 11.7 Å². The maximum absolute atomic E-state index is 12.1. The predicted molar refractivity (Wildman–Crippen MR) is 82.9 cm³/mol. The van der Waals surface area contributed by atoms with Crippen molar-refractivity contribution in [2.75, 3.05) is 12.3 Å². The zero-order chi connectivity index (χ0) is 17.3. The van der Waals surface area contributed by atoms with Crippen molar-refractivity contribution in [2.24, 2.45) is 7.05 Å². The van der Waals surface area contributed by atoms with Gasteiger partial charge in [-0.05, 0) is 13.8 Å². The number of hydrogen-bond donors (Lipinski definition) is 2. The van der Waals surface area contributed by atoms with E-state index in [-0.39, 0.29) is 10.7 Å². The van der Waals surface area contributed by atoms with Crippen LogP contribution in [0.5, 0.6) is 0 Å². The zero-order valence-electron chi connectivity index (χ0n) is 12.6. The smallest absolute Gasteiger partial charge is 0.350 e. The van der Waals surface area contributed by atoms with E-state index in [9.17, 15) is 19.2 Å². The molecule has 0 saturated heterocycles. The van der Waals surface area contributed by atoms with Crippen LogP contribution in [0.1, 0.15) is 30.7 Å². The van der Waals surface area contributed by atoms with Crippen LogP contribution in [-0.4, -0.2) is 32.9 Å². The number of rotatable bonds is 4. The molecule has 0 saturated carbocycles. The van der Waals surface area contributed by atoms with Gasteiger partial charge in [-0.3, -0.25) is 19.1 Å². The fourth-order valence-corrected chi connectivity index (χ4v) is 2.71. The number of thiazole rings is 1. The van der Waals surface area contributed by atoms with Gasteiger partial charge in [0.25, 0.3) is 5.56 Å². The molecule has 9 nitrogen and oxygen atoms in total. The molecule has 122 valence electrons. The number of H-pyrrole nitrogens is 1. The topological polar surface area (TPSA) is 137 Å². The lowest BCUT2D eigenvalue weighted by molar-refractivity contribution is 0.0478. The molecule has 3 N–H and O–H groups in total. The van der Waals surface area contributed by atoms with E-state index >= 15 is 0 Å². The predicted octanol–water partition coefficient (Wildman–Crippen LogP) is -0.231. The van der Waals surface area contributed by atoms with Gasteiger partial charge in [0, 0.05) is 7.05 Å². The van der Waals surface area contributed by atoms with Gasteiger partial charge in [-0.2, -0.15) is 0 Å². The van der Waals surface area contributed by atoms with Crippen LogP contribution >= 0.6 is 11.3 Å². The Morgan fingerprint density at radius 3 is 2.57 bits per heavy atom. The summed E-state index contributed by atoms with van der Waals surface area (Å²) in [6.07, 6.45) is 0. The third-order valence-corrected chi connectivity index (χ3v) is 4.12. The Balaban J connectivity index is 2.19. The number of nitrogens with zero attached hydrogens (tertiary/aromatic N) is 2. The summed E-state index contributed by atoms with van der Waals surface area (Å²) in [7, 11) is 1.31. The number of aromatic nitrogens is 3. The average molecular weight is 338 g/mol. The molecule has 0 aromatic carbocycles. The molecule has 0 aliphatic heterocycles. The van der Waals surface area contributed by atoms with Crippen LogP contribution in [0.3, 0.4) is 0 Å². The lowest BCUT2D eigenvalue weighted by Gasteiger charge is -2.08. The summed E-state index contributed by atoms with van der Waals surface area (Å²) in [5.41, 5.74) is 4.03. The number of anilines is 1. The molecule has 0 aliphatic rings. The first kappa shape index (κ1) is 16.6. The maximum atomic E-state index is 12.1. The lowest BCUT2D eigenvalue weighted by atomic mass is 10.2. The molecule has 0 bridgehead atoms. The zero-order valence-corrected chi connectivity index (χ0v) is 13.4. The third-order valence-electron chi connectivity index (χ3n) is 3.07. The fourth-order valence-electron chi connectivity index (χ4n) is 1.90. The van der Waals surface area contributed by atoms with Crippen LogP contribution in [-0.2, 0) is 11.8 Å². The molecule has 0 atom stereocenters. The van der Waals surface area contributed by atoms with Crippen molar-refractivity contribution in [3.8, 4) is 0 Å². The van der Waals surface area contributed by atoms with E-state index in [2.05, 4.69) is 4.98 Å². The van der Waals surface area contributed by atoms with Crippen LogP contribution in [0, 0.1) is 13.8 Å². The molecule has 2 heterocycles. The molecule has 0 aliphatic carbocycles. The second-order valence-corrected chi connectivity index (χ2v) is 5.93. The normalized spacial score (nSPS) is 10.6. The minimum absolute atomic E-state index is 0.287. The number of nitrogen functional groups attached to an aromatic ring is 1. The molecule has 23 heavy (non-hydrogen) atoms. The number of carbonyl (C=O) groups excluding carboxylic acids is 2. The molecule has 0 radical (unpaired) electrons. The Morgan fingerprint density at radius 2 is 2.00 bits per heavy atom. The number of nitrogens with two attached hydrogens (primary N) is 1. The first-order valence-electron chi connectivity index (χ1n) is 6.45. The summed E-state index contributed by atoms with van der Waals surface area (Å²) in [4.78, 5) is 53.4. The van der Waals surface area contributed by atoms with E-state index in [4.69, 9.17) is 10.5 Å². The van der Waals surface area contributed by atoms with E-state index in [0.717, 1.165) is 15.9 Å². The minimum Gasteiger partial charge on any atom is -0.453 e. The second kappa shape index (κ2) is 6.16. The molecule has 0 spiro atoms. The van der Waals surface area contributed by atoms with E-state index in [1.54, 1.807) is 13.8 Å². The molecular formula is C13H14N4O5S.